The molecule has 5 rings (SSSR count). The second-order valence-electron chi connectivity index (χ2n) is 8.46. The number of rotatable bonds is 5. The maximum absolute atomic E-state index is 13.8. The minimum atomic E-state index is -3.34. The highest BCUT2D eigenvalue weighted by atomic mass is 19.3. The van der Waals surface area contributed by atoms with E-state index in [4.69, 9.17) is 9.15 Å². The van der Waals surface area contributed by atoms with Crippen molar-refractivity contribution in [2.75, 3.05) is 18.5 Å². The van der Waals surface area contributed by atoms with Crippen LogP contribution < -0.4 is 5.32 Å². The first kappa shape index (κ1) is 22.6. The van der Waals surface area contributed by atoms with Crippen molar-refractivity contribution < 1.29 is 37.4 Å². The number of nitrogens with one attached hydrogen (secondary N) is 1. The van der Waals surface area contributed by atoms with Crippen molar-refractivity contribution in [2.24, 2.45) is 0 Å². The monoisotopic (exact) mass is 482 g/mol. The Hall–Kier alpha value is -4.21. The Balaban J connectivity index is 1.28. The Bertz CT molecular complexity index is 1280. The number of fused-ring (bicyclic) bond motifs is 3. The fraction of sp³-hybridized carbons (Fsp3) is 0.240. The van der Waals surface area contributed by atoms with Gasteiger partial charge in [0.2, 0.25) is 5.76 Å². The van der Waals surface area contributed by atoms with Crippen molar-refractivity contribution in [3.05, 3.63) is 77.7 Å². The number of alkyl halides is 2. The van der Waals surface area contributed by atoms with Crippen LogP contribution in [0.5, 0.6) is 0 Å². The number of carboxylic acids is 1. The van der Waals surface area contributed by atoms with Crippen LogP contribution in [0.15, 0.2) is 65.3 Å². The Morgan fingerprint density at radius 2 is 1.69 bits per heavy atom. The summed E-state index contributed by atoms with van der Waals surface area (Å²) in [5.74, 6) is -6.59. The number of carboxylic acid groups (broad SMARTS) is 1. The van der Waals surface area contributed by atoms with Gasteiger partial charge >= 0.3 is 12.1 Å². The average molecular weight is 482 g/mol. The Morgan fingerprint density at radius 3 is 2.31 bits per heavy atom. The number of benzene rings is 2. The summed E-state index contributed by atoms with van der Waals surface area (Å²) >= 11 is 0. The number of carbonyl (C=O) groups excluding carboxylic acids is 2. The van der Waals surface area contributed by atoms with Crippen LogP contribution in [0.3, 0.4) is 0 Å². The average Bonchev–Trinajstić information content (AvgIpc) is 3.51. The predicted molar refractivity (Wildman–Crippen MR) is 119 cm³/mol. The molecule has 1 aromatic heterocycles. The lowest BCUT2D eigenvalue weighted by Gasteiger charge is -2.20. The Labute approximate surface area is 198 Å². The lowest BCUT2D eigenvalue weighted by Crippen LogP contribution is -2.41. The summed E-state index contributed by atoms with van der Waals surface area (Å²) in [4.78, 5) is 37.3. The van der Waals surface area contributed by atoms with Crippen molar-refractivity contribution in [1.29, 1.82) is 0 Å². The van der Waals surface area contributed by atoms with Crippen molar-refractivity contribution in [2.45, 2.75) is 24.3 Å². The minimum absolute atomic E-state index is 0.0282. The van der Waals surface area contributed by atoms with Crippen molar-refractivity contribution in [1.82, 2.24) is 4.90 Å². The largest absolute Gasteiger partial charge is 0.480 e. The molecule has 1 atom stereocenters. The summed E-state index contributed by atoms with van der Waals surface area (Å²) < 4.78 is 38.1. The Kier molecular flexibility index (Phi) is 5.50. The summed E-state index contributed by atoms with van der Waals surface area (Å²) in [6.45, 7) is -1.03. The predicted octanol–water partition coefficient (Wildman–Crippen LogP) is 4.58. The van der Waals surface area contributed by atoms with Crippen LogP contribution in [-0.4, -0.2) is 53.1 Å². The summed E-state index contributed by atoms with van der Waals surface area (Å²) in [6, 6.07) is 15.2. The van der Waals surface area contributed by atoms with Gasteiger partial charge in [0.25, 0.3) is 11.8 Å². The molecule has 0 spiro atoms. The van der Waals surface area contributed by atoms with E-state index in [-0.39, 0.29) is 18.2 Å². The van der Waals surface area contributed by atoms with E-state index in [1.165, 1.54) is 6.07 Å². The van der Waals surface area contributed by atoms with Crippen molar-refractivity contribution in [3.63, 3.8) is 0 Å². The summed E-state index contributed by atoms with van der Waals surface area (Å²) in [6.07, 6.45) is -0.774. The molecule has 35 heavy (non-hydrogen) atoms. The number of hydrogen-bond donors (Lipinski definition) is 2. The number of ether oxygens (including phenoxy) is 1. The first-order valence-corrected chi connectivity index (χ1v) is 10.9. The number of carbonyl (C=O) groups is 3. The molecule has 1 aliphatic carbocycles. The van der Waals surface area contributed by atoms with Gasteiger partial charge in [0.1, 0.15) is 12.6 Å². The number of nitrogens with zero attached hydrogens (tertiary/aromatic N) is 1. The zero-order valence-corrected chi connectivity index (χ0v) is 18.2. The fourth-order valence-electron chi connectivity index (χ4n) is 4.70. The molecule has 0 bridgehead atoms. The van der Waals surface area contributed by atoms with E-state index in [2.05, 4.69) is 5.32 Å². The highest BCUT2D eigenvalue weighted by Crippen LogP contribution is 2.44. The molecule has 8 nitrogen and oxygen atoms in total. The Morgan fingerprint density at radius 1 is 1.06 bits per heavy atom. The van der Waals surface area contributed by atoms with Crippen LogP contribution >= 0.6 is 0 Å². The van der Waals surface area contributed by atoms with Crippen LogP contribution in [-0.2, 0) is 9.53 Å². The number of likely N-dealkylation sites (tertiary alicyclic amines) is 1. The SMILES string of the molecule is O=C(Nc1ccoc1C(=O)N1CC(F)(F)C[C@H]1C(=O)O)OCC1c2ccccc2-c2ccccc21. The molecular weight excluding hydrogens is 462 g/mol. The van der Waals surface area contributed by atoms with Crippen LogP contribution in [0, 0.1) is 0 Å². The van der Waals surface area contributed by atoms with E-state index in [1.807, 2.05) is 48.5 Å². The van der Waals surface area contributed by atoms with Crippen LogP contribution in [0.1, 0.15) is 34.0 Å². The first-order valence-electron chi connectivity index (χ1n) is 10.9. The third-order valence-corrected chi connectivity index (χ3v) is 6.26. The van der Waals surface area contributed by atoms with Gasteiger partial charge in [-0.15, -0.1) is 0 Å². The molecule has 2 N–H and O–H groups in total. The molecule has 3 aromatic rings. The second kappa shape index (κ2) is 8.53. The third kappa shape index (κ3) is 4.11. The second-order valence-corrected chi connectivity index (χ2v) is 8.46. The summed E-state index contributed by atoms with van der Waals surface area (Å²) in [7, 11) is 0. The van der Waals surface area contributed by atoms with E-state index in [0.717, 1.165) is 28.5 Å². The number of halogens is 2. The third-order valence-electron chi connectivity index (χ3n) is 6.26. The number of aliphatic carboxylic acids is 1. The molecular formula is C25H20F2N2O6. The summed E-state index contributed by atoms with van der Waals surface area (Å²) in [5.41, 5.74) is 4.07. The molecule has 0 unspecified atom stereocenters. The van der Waals surface area contributed by atoms with Crippen LogP contribution in [0.25, 0.3) is 11.1 Å². The molecule has 2 aliphatic rings. The topological polar surface area (TPSA) is 109 Å². The maximum atomic E-state index is 13.8. The van der Waals surface area contributed by atoms with E-state index < -0.39 is 48.7 Å². The van der Waals surface area contributed by atoms with Gasteiger partial charge in [-0.05, 0) is 22.3 Å². The van der Waals surface area contributed by atoms with Gasteiger partial charge in [-0.3, -0.25) is 10.1 Å². The first-order chi connectivity index (χ1) is 16.7. The zero-order valence-electron chi connectivity index (χ0n) is 18.2. The van der Waals surface area contributed by atoms with Gasteiger partial charge < -0.3 is 19.2 Å². The van der Waals surface area contributed by atoms with Crippen LogP contribution in [0.2, 0.25) is 0 Å². The zero-order chi connectivity index (χ0) is 24.7. The molecule has 1 aliphatic heterocycles. The highest BCUT2D eigenvalue weighted by molar-refractivity contribution is 6.02. The standard InChI is InChI=1S/C25H20F2N2O6/c26-25(27)11-20(23(31)32)29(13-25)22(30)21-19(9-10-34-21)28-24(33)35-12-18-16-7-3-1-5-14(16)15-6-2-4-8-17(15)18/h1-10,18,20H,11-13H2,(H,28,33)(H,31,32)/t20-/m0/s1. The molecule has 2 aromatic carbocycles. The molecule has 180 valence electrons. The van der Waals surface area contributed by atoms with Crippen molar-refractivity contribution >= 4 is 23.7 Å². The molecule has 2 amide bonds. The van der Waals surface area contributed by atoms with Crippen molar-refractivity contribution in [3.8, 4) is 11.1 Å². The lowest BCUT2D eigenvalue weighted by molar-refractivity contribution is -0.141. The van der Waals surface area contributed by atoms with E-state index >= 15 is 0 Å². The van der Waals surface area contributed by atoms with Gasteiger partial charge in [-0.25, -0.2) is 18.4 Å². The quantitative estimate of drug-likeness (QED) is 0.551. The molecule has 0 radical (unpaired) electrons. The highest BCUT2D eigenvalue weighted by Gasteiger charge is 2.51. The van der Waals surface area contributed by atoms with E-state index in [9.17, 15) is 28.3 Å². The van der Waals surface area contributed by atoms with Gasteiger partial charge in [0.15, 0.2) is 0 Å². The lowest BCUT2D eigenvalue weighted by atomic mass is 9.98. The number of amides is 2. The van der Waals surface area contributed by atoms with Gasteiger partial charge in [0.05, 0.1) is 18.5 Å². The van der Waals surface area contributed by atoms with E-state index in [1.54, 1.807) is 0 Å². The molecule has 2 heterocycles. The normalized spacial score (nSPS) is 18.1. The smallest absolute Gasteiger partial charge is 0.411 e. The van der Waals surface area contributed by atoms with Crippen LogP contribution in [0.4, 0.5) is 19.3 Å². The minimum Gasteiger partial charge on any atom is -0.480 e. The maximum Gasteiger partial charge on any atom is 0.411 e. The molecule has 0 saturated carbocycles. The molecule has 10 heteroatoms. The molecule has 1 fully saturated rings. The summed E-state index contributed by atoms with van der Waals surface area (Å²) in [5, 5.41) is 11.6. The number of furan rings is 1. The number of anilines is 1. The van der Waals surface area contributed by atoms with Gasteiger partial charge in [-0.2, -0.15) is 0 Å². The van der Waals surface area contributed by atoms with Gasteiger partial charge in [0, 0.05) is 18.4 Å². The fourth-order valence-corrected chi connectivity index (χ4v) is 4.70. The number of hydrogen-bond acceptors (Lipinski definition) is 5. The molecule has 1 saturated heterocycles. The van der Waals surface area contributed by atoms with E-state index in [0.29, 0.717) is 4.90 Å². The van der Waals surface area contributed by atoms with Gasteiger partial charge in [-0.1, -0.05) is 48.5 Å².